The number of halogens is 1. The Morgan fingerprint density at radius 2 is 1.86 bits per heavy atom. The van der Waals surface area contributed by atoms with E-state index in [0.717, 1.165) is 5.56 Å². The minimum Gasteiger partial charge on any atom is -0.508 e. The van der Waals surface area contributed by atoms with Crippen LogP contribution in [0.3, 0.4) is 0 Å². The van der Waals surface area contributed by atoms with E-state index < -0.39 is 0 Å². The van der Waals surface area contributed by atoms with Crippen LogP contribution in [-0.2, 0) is 9.59 Å². The maximum Gasteiger partial charge on any atom is 0.266 e. The highest BCUT2D eigenvalue weighted by atomic mass is 32.2. The Morgan fingerprint density at radius 3 is 2.54 bits per heavy atom. The highest BCUT2D eigenvalue weighted by Crippen LogP contribution is 2.32. The molecule has 2 aromatic rings. The number of thiocarbonyl (C=S) groups is 1. The average Bonchev–Trinajstić information content (AvgIpc) is 2.93. The second-order valence-corrected chi connectivity index (χ2v) is 7.76. The molecular formula is C20H17FN2O3S2. The number of benzene rings is 2. The highest BCUT2D eigenvalue weighted by Gasteiger charge is 2.31. The van der Waals surface area contributed by atoms with Crippen molar-refractivity contribution in [1.82, 2.24) is 4.90 Å². The van der Waals surface area contributed by atoms with E-state index in [1.807, 2.05) is 0 Å². The van der Waals surface area contributed by atoms with E-state index in [1.54, 1.807) is 30.3 Å². The van der Waals surface area contributed by atoms with E-state index in [1.165, 1.54) is 40.9 Å². The third-order valence-electron chi connectivity index (χ3n) is 3.98. The summed E-state index contributed by atoms with van der Waals surface area (Å²) in [5, 5.41) is 12.0. The Balaban J connectivity index is 1.52. The van der Waals surface area contributed by atoms with E-state index >= 15 is 0 Å². The van der Waals surface area contributed by atoms with Gasteiger partial charge < -0.3 is 10.4 Å². The van der Waals surface area contributed by atoms with Crippen LogP contribution in [-0.4, -0.2) is 32.7 Å². The molecule has 3 rings (SSSR count). The van der Waals surface area contributed by atoms with Gasteiger partial charge in [-0.2, -0.15) is 0 Å². The molecule has 0 unspecified atom stereocenters. The molecule has 1 heterocycles. The van der Waals surface area contributed by atoms with Gasteiger partial charge in [0, 0.05) is 18.7 Å². The zero-order valence-electron chi connectivity index (χ0n) is 14.7. The third-order valence-corrected chi connectivity index (χ3v) is 5.36. The Bertz CT molecular complexity index is 927. The third kappa shape index (κ3) is 5.17. The van der Waals surface area contributed by atoms with Crippen LogP contribution in [0.25, 0.3) is 6.08 Å². The number of hydrogen-bond acceptors (Lipinski definition) is 5. The fraction of sp³-hybridized carbons (Fsp3) is 0.150. The van der Waals surface area contributed by atoms with Crippen LogP contribution >= 0.6 is 24.0 Å². The number of hydrogen-bond donors (Lipinski definition) is 2. The maximum absolute atomic E-state index is 13.0. The van der Waals surface area contributed by atoms with Crippen molar-refractivity contribution in [2.24, 2.45) is 0 Å². The Morgan fingerprint density at radius 1 is 1.18 bits per heavy atom. The number of aromatic hydroxyl groups is 1. The second-order valence-electron chi connectivity index (χ2n) is 6.08. The van der Waals surface area contributed by atoms with Gasteiger partial charge in [-0.05, 0) is 54.5 Å². The molecule has 5 nitrogen and oxygen atoms in total. The molecule has 1 fully saturated rings. The molecule has 2 N–H and O–H groups in total. The second kappa shape index (κ2) is 8.99. The zero-order chi connectivity index (χ0) is 20.1. The number of carbonyl (C=O) groups is 2. The number of amides is 2. The lowest BCUT2D eigenvalue weighted by Gasteiger charge is -2.14. The van der Waals surface area contributed by atoms with Gasteiger partial charge in [0.15, 0.2) is 0 Å². The standard InChI is InChI=1S/C20H17FN2O3S2/c21-14-5-3-13(4-6-14)12-17-19(26)23(20(27)28-17)11-1-2-18(25)22-15-7-9-16(24)10-8-15/h3-10,12,24H,1-2,11H2,(H,22,25)/b17-12+. The van der Waals surface area contributed by atoms with E-state index in [9.17, 15) is 19.1 Å². The first-order valence-electron chi connectivity index (χ1n) is 8.52. The van der Waals surface area contributed by atoms with E-state index in [2.05, 4.69) is 5.32 Å². The molecule has 1 saturated heterocycles. The predicted octanol–water partition coefficient (Wildman–Crippen LogP) is 4.15. The Hall–Kier alpha value is -2.71. The molecule has 0 radical (unpaired) electrons. The van der Waals surface area contributed by atoms with Gasteiger partial charge in [-0.25, -0.2) is 4.39 Å². The number of anilines is 1. The summed E-state index contributed by atoms with van der Waals surface area (Å²) >= 11 is 6.47. The van der Waals surface area contributed by atoms with E-state index in [0.29, 0.717) is 27.9 Å². The molecule has 0 spiro atoms. The summed E-state index contributed by atoms with van der Waals surface area (Å²) in [6, 6.07) is 12.0. The average molecular weight is 416 g/mol. The van der Waals surface area contributed by atoms with Gasteiger partial charge in [0.2, 0.25) is 5.91 Å². The monoisotopic (exact) mass is 416 g/mol. The van der Waals surface area contributed by atoms with Gasteiger partial charge in [-0.1, -0.05) is 36.1 Å². The van der Waals surface area contributed by atoms with Gasteiger partial charge in [-0.3, -0.25) is 14.5 Å². The van der Waals surface area contributed by atoms with E-state index in [4.69, 9.17) is 12.2 Å². The molecule has 1 aliphatic rings. The van der Waals surface area contributed by atoms with Crippen LogP contribution in [0, 0.1) is 5.82 Å². The van der Waals surface area contributed by atoms with Crippen LogP contribution in [0.15, 0.2) is 53.4 Å². The van der Waals surface area contributed by atoms with Crippen LogP contribution in [0.1, 0.15) is 18.4 Å². The number of nitrogens with one attached hydrogen (secondary N) is 1. The van der Waals surface area contributed by atoms with E-state index in [-0.39, 0.29) is 29.8 Å². The quantitative estimate of drug-likeness (QED) is 0.421. The number of nitrogens with zero attached hydrogens (tertiary/aromatic N) is 1. The topological polar surface area (TPSA) is 69.6 Å². The highest BCUT2D eigenvalue weighted by molar-refractivity contribution is 8.26. The molecule has 0 saturated carbocycles. The Kier molecular flexibility index (Phi) is 6.43. The fourth-order valence-corrected chi connectivity index (χ4v) is 3.88. The smallest absolute Gasteiger partial charge is 0.266 e. The number of thioether (sulfide) groups is 1. The number of phenolic OH excluding ortho intramolecular Hbond substituents is 1. The molecule has 28 heavy (non-hydrogen) atoms. The molecule has 1 aliphatic heterocycles. The number of rotatable bonds is 6. The summed E-state index contributed by atoms with van der Waals surface area (Å²) in [6.45, 7) is 0.342. The summed E-state index contributed by atoms with van der Waals surface area (Å²) in [5.41, 5.74) is 1.31. The zero-order valence-corrected chi connectivity index (χ0v) is 16.4. The maximum atomic E-state index is 13.0. The fourth-order valence-electron chi connectivity index (χ4n) is 2.57. The van der Waals surface area contributed by atoms with Crippen molar-refractivity contribution in [3.8, 4) is 5.75 Å². The summed E-state index contributed by atoms with van der Waals surface area (Å²) in [6.07, 6.45) is 2.37. The SMILES string of the molecule is O=C(CCCN1C(=O)/C(=C\c2ccc(F)cc2)SC1=S)Nc1ccc(O)cc1. The van der Waals surface area contributed by atoms with Crippen molar-refractivity contribution >= 4 is 51.9 Å². The summed E-state index contributed by atoms with van der Waals surface area (Å²) < 4.78 is 13.4. The van der Waals surface area contributed by atoms with Gasteiger partial charge in [0.1, 0.15) is 15.9 Å². The normalized spacial score (nSPS) is 15.3. The molecule has 0 aromatic heterocycles. The number of carbonyl (C=O) groups excluding carboxylic acids is 2. The van der Waals surface area contributed by atoms with Crippen molar-refractivity contribution in [3.63, 3.8) is 0 Å². The van der Waals surface area contributed by atoms with Crippen LogP contribution < -0.4 is 5.32 Å². The molecule has 8 heteroatoms. The Labute approximate surface area is 171 Å². The molecule has 2 aromatic carbocycles. The molecule has 144 valence electrons. The van der Waals surface area contributed by atoms with Gasteiger partial charge >= 0.3 is 0 Å². The largest absolute Gasteiger partial charge is 0.508 e. The first-order chi connectivity index (χ1) is 13.4. The lowest BCUT2D eigenvalue weighted by molar-refractivity contribution is -0.122. The van der Waals surface area contributed by atoms with Gasteiger partial charge in [0.05, 0.1) is 4.91 Å². The summed E-state index contributed by atoms with van der Waals surface area (Å²) in [5.74, 6) is -0.604. The van der Waals surface area contributed by atoms with Crippen molar-refractivity contribution < 1.29 is 19.1 Å². The lowest BCUT2D eigenvalue weighted by atomic mass is 10.2. The van der Waals surface area contributed by atoms with Crippen LogP contribution in [0.2, 0.25) is 0 Å². The predicted molar refractivity (Wildman–Crippen MR) is 112 cm³/mol. The van der Waals surface area contributed by atoms with Gasteiger partial charge in [-0.15, -0.1) is 0 Å². The van der Waals surface area contributed by atoms with Gasteiger partial charge in [0.25, 0.3) is 5.91 Å². The number of phenols is 1. The van der Waals surface area contributed by atoms with Crippen molar-refractivity contribution in [1.29, 1.82) is 0 Å². The molecule has 0 bridgehead atoms. The first kappa shape index (κ1) is 20.0. The van der Waals surface area contributed by atoms with Crippen LogP contribution in [0.4, 0.5) is 10.1 Å². The molecular weight excluding hydrogens is 399 g/mol. The first-order valence-corrected chi connectivity index (χ1v) is 9.75. The van der Waals surface area contributed by atoms with Crippen molar-refractivity contribution in [2.75, 3.05) is 11.9 Å². The van der Waals surface area contributed by atoms with Crippen LogP contribution in [0.5, 0.6) is 5.75 Å². The molecule has 0 atom stereocenters. The minimum atomic E-state index is -0.338. The summed E-state index contributed by atoms with van der Waals surface area (Å²) in [4.78, 5) is 26.5. The van der Waals surface area contributed by atoms with Crippen molar-refractivity contribution in [2.45, 2.75) is 12.8 Å². The minimum absolute atomic E-state index is 0.126. The molecule has 2 amide bonds. The lowest BCUT2D eigenvalue weighted by Crippen LogP contribution is -2.29. The summed E-state index contributed by atoms with van der Waals surface area (Å²) in [7, 11) is 0. The molecule has 0 aliphatic carbocycles. The van der Waals surface area contributed by atoms with Crippen molar-refractivity contribution in [3.05, 3.63) is 64.8 Å².